The molecule has 2 aromatic carbocycles. The van der Waals surface area contributed by atoms with E-state index in [0.717, 1.165) is 43.2 Å². The van der Waals surface area contributed by atoms with Gasteiger partial charge in [0.25, 0.3) is 0 Å². The second kappa shape index (κ2) is 9.80. The number of carbonyl (C=O) groups is 1. The zero-order valence-electron chi connectivity index (χ0n) is 16.0. The highest BCUT2D eigenvalue weighted by molar-refractivity contribution is 5.75. The van der Waals surface area contributed by atoms with Gasteiger partial charge < -0.3 is 14.7 Å². The van der Waals surface area contributed by atoms with Crippen LogP contribution in [0.2, 0.25) is 0 Å². The smallest absolute Gasteiger partial charge is 0.234 e. The third-order valence-electron chi connectivity index (χ3n) is 4.71. The number of benzene rings is 2. The summed E-state index contributed by atoms with van der Waals surface area (Å²) < 4.78 is 5.46. The standard InChI is InChI=1S/C22H27N3O3/c1-2-17-28-21-10-3-18(4-11-21)5-12-22(27)23-25-15-13-24(14-16-25)19-6-8-20(26)9-7-19/h2-4,6-11,26H,1,5,12-17H2,(H,23,27). The van der Waals surface area contributed by atoms with Crippen LogP contribution >= 0.6 is 0 Å². The highest BCUT2D eigenvalue weighted by atomic mass is 16.5. The number of nitrogens with zero attached hydrogens (tertiary/aromatic N) is 2. The van der Waals surface area contributed by atoms with Crippen LogP contribution in [0.4, 0.5) is 5.69 Å². The van der Waals surface area contributed by atoms with Gasteiger partial charge in [0.1, 0.15) is 18.1 Å². The van der Waals surface area contributed by atoms with Gasteiger partial charge in [-0.2, -0.15) is 0 Å². The van der Waals surface area contributed by atoms with Crippen molar-refractivity contribution in [1.29, 1.82) is 0 Å². The number of nitrogens with one attached hydrogen (secondary N) is 1. The maximum Gasteiger partial charge on any atom is 0.234 e. The molecule has 0 saturated carbocycles. The van der Waals surface area contributed by atoms with Crippen molar-refractivity contribution in [3.8, 4) is 11.5 Å². The van der Waals surface area contributed by atoms with Crippen LogP contribution in [-0.2, 0) is 11.2 Å². The lowest BCUT2D eigenvalue weighted by atomic mass is 10.1. The summed E-state index contributed by atoms with van der Waals surface area (Å²) in [6.07, 6.45) is 2.86. The first kappa shape index (κ1) is 19.8. The number of phenolic OH excluding ortho intramolecular Hbond substituents is 1. The Morgan fingerprint density at radius 1 is 1.07 bits per heavy atom. The molecule has 2 aromatic rings. The molecule has 1 saturated heterocycles. The van der Waals surface area contributed by atoms with Crippen molar-refractivity contribution in [2.45, 2.75) is 12.8 Å². The molecule has 0 spiro atoms. The van der Waals surface area contributed by atoms with E-state index in [2.05, 4.69) is 16.9 Å². The van der Waals surface area contributed by atoms with Gasteiger partial charge in [-0.25, -0.2) is 5.01 Å². The molecule has 28 heavy (non-hydrogen) atoms. The van der Waals surface area contributed by atoms with Gasteiger partial charge in [-0.3, -0.25) is 10.2 Å². The molecule has 0 aromatic heterocycles. The second-order valence-corrected chi connectivity index (χ2v) is 6.77. The van der Waals surface area contributed by atoms with Crippen molar-refractivity contribution in [3.05, 3.63) is 66.7 Å². The number of amides is 1. The van der Waals surface area contributed by atoms with Crippen molar-refractivity contribution in [3.63, 3.8) is 0 Å². The molecule has 2 N–H and O–H groups in total. The number of ether oxygens (including phenoxy) is 1. The number of anilines is 1. The summed E-state index contributed by atoms with van der Waals surface area (Å²) in [6.45, 7) is 7.31. The van der Waals surface area contributed by atoms with E-state index in [1.807, 2.05) is 41.4 Å². The van der Waals surface area contributed by atoms with E-state index in [9.17, 15) is 9.90 Å². The Bertz CT molecular complexity index is 767. The topological polar surface area (TPSA) is 65.0 Å². The number of hydrogen-bond donors (Lipinski definition) is 2. The quantitative estimate of drug-likeness (QED) is 0.689. The maximum absolute atomic E-state index is 12.3. The fourth-order valence-electron chi connectivity index (χ4n) is 3.14. The first-order valence-electron chi connectivity index (χ1n) is 9.55. The maximum atomic E-state index is 12.3. The van der Waals surface area contributed by atoms with Crippen molar-refractivity contribution in [2.24, 2.45) is 0 Å². The molecule has 0 bridgehead atoms. The minimum absolute atomic E-state index is 0.0325. The highest BCUT2D eigenvalue weighted by Crippen LogP contribution is 2.19. The van der Waals surface area contributed by atoms with Gasteiger partial charge in [-0.1, -0.05) is 24.8 Å². The Kier molecular flexibility index (Phi) is 6.92. The van der Waals surface area contributed by atoms with Crippen LogP contribution in [0.5, 0.6) is 11.5 Å². The number of aryl methyl sites for hydroxylation is 1. The van der Waals surface area contributed by atoms with E-state index in [0.29, 0.717) is 19.4 Å². The fraction of sp³-hybridized carbons (Fsp3) is 0.318. The number of hydrogen-bond acceptors (Lipinski definition) is 5. The zero-order valence-corrected chi connectivity index (χ0v) is 16.0. The molecule has 1 amide bonds. The number of rotatable bonds is 8. The van der Waals surface area contributed by atoms with Gasteiger partial charge >= 0.3 is 0 Å². The lowest BCUT2D eigenvalue weighted by molar-refractivity contribution is -0.126. The van der Waals surface area contributed by atoms with Crippen molar-refractivity contribution < 1.29 is 14.6 Å². The van der Waals surface area contributed by atoms with Crippen LogP contribution in [0.25, 0.3) is 0 Å². The van der Waals surface area contributed by atoms with E-state index >= 15 is 0 Å². The molecular weight excluding hydrogens is 354 g/mol. The Morgan fingerprint density at radius 2 is 1.75 bits per heavy atom. The number of hydrazine groups is 1. The molecule has 0 radical (unpaired) electrons. The minimum atomic E-state index is 0.0325. The zero-order chi connectivity index (χ0) is 19.8. The lowest BCUT2D eigenvalue weighted by Crippen LogP contribution is -2.53. The average molecular weight is 381 g/mol. The van der Waals surface area contributed by atoms with Crippen molar-refractivity contribution in [2.75, 3.05) is 37.7 Å². The Labute approximate surface area is 166 Å². The number of carbonyl (C=O) groups excluding carboxylic acids is 1. The molecule has 0 atom stereocenters. The summed E-state index contributed by atoms with van der Waals surface area (Å²) in [5.74, 6) is 1.11. The fourth-order valence-corrected chi connectivity index (χ4v) is 3.14. The van der Waals surface area contributed by atoms with Crippen LogP contribution in [0.1, 0.15) is 12.0 Å². The molecule has 3 rings (SSSR count). The molecule has 6 nitrogen and oxygen atoms in total. The molecule has 6 heteroatoms. The predicted molar refractivity (Wildman–Crippen MR) is 110 cm³/mol. The lowest BCUT2D eigenvalue weighted by Gasteiger charge is -2.36. The van der Waals surface area contributed by atoms with E-state index in [1.165, 1.54) is 0 Å². The SMILES string of the molecule is C=CCOc1ccc(CCC(=O)NN2CCN(c3ccc(O)cc3)CC2)cc1. The molecule has 1 heterocycles. The molecule has 0 unspecified atom stereocenters. The van der Waals surface area contributed by atoms with Crippen molar-refractivity contribution in [1.82, 2.24) is 10.4 Å². The van der Waals surface area contributed by atoms with E-state index in [-0.39, 0.29) is 11.7 Å². The third-order valence-corrected chi connectivity index (χ3v) is 4.71. The second-order valence-electron chi connectivity index (χ2n) is 6.77. The normalized spacial score (nSPS) is 14.5. The van der Waals surface area contributed by atoms with E-state index < -0.39 is 0 Å². The molecule has 0 aliphatic carbocycles. The summed E-state index contributed by atoms with van der Waals surface area (Å²) in [5.41, 5.74) is 5.20. The monoisotopic (exact) mass is 381 g/mol. The van der Waals surface area contributed by atoms with Gasteiger partial charge in [0.15, 0.2) is 0 Å². The number of piperazine rings is 1. The summed E-state index contributed by atoms with van der Waals surface area (Å²) >= 11 is 0. The molecule has 1 aliphatic rings. The van der Waals surface area contributed by atoms with Crippen molar-refractivity contribution >= 4 is 11.6 Å². The molecule has 148 valence electrons. The average Bonchev–Trinajstić information content (AvgIpc) is 2.73. The molecular formula is C22H27N3O3. The van der Waals surface area contributed by atoms with Gasteiger partial charge in [0, 0.05) is 38.3 Å². The van der Waals surface area contributed by atoms with Gasteiger partial charge in [0.2, 0.25) is 5.91 Å². The molecule has 1 aliphatic heterocycles. The first-order chi connectivity index (χ1) is 13.6. The first-order valence-corrected chi connectivity index (χ1v) is 9.55. The highest BCUT2D eigenvalue weighted by Gasteiger charge is 2.18. The van der Waals surface area contributed by atoms with Crippen LogP contribution in [0.15, 0.2) is 61.2 Å². The number of phenols is 1. The van der Waals surface area contributed by atoms with Gasteiger partial charge in [0.05, 0.1) is 0 Å². The van der Waals surface area contributed by atoms with Gasteiger partial charge in [-0.15, -0.1) is 0 Å². The van der Waals surface area contributed by atoms with E-state index in [4.69, 9.17) is 4.74 Å². The van der Waals surface area contributed by atoms with Crippen LogP contribution in [0.3, 0.4) is 0 Å². The largest absolute Gasteiger partial charge is 0.508 e. The van der Waals surface area contributed by atoms with Crippen LogP contribution in [-0.4, -0.2) is 48.8 Å². The Morgan fingerprint density at radius 3 is 2.39 bits per heavy atom. The number of aromatic hydroxyl groups is 1. The van der Waals surface area contributed by atoms with E-state index in [1.54, 1.807) is 18.2 Å². The van der Waals surface area contributed by atoms with Gasteiger partial charge in [-0.05, 0) is 48.4 Å². The Balaban J connectivity index is 1.38. The summed E-state index contributed by atoms with van der Waals surface area (Å²) in [7, 11) is 0. The van der Waals surface area contributed by atoms with Crippen LogP contribution < -0.4 is 15.1 Å². The predicted octanol–water partition coefficient (Wildman–Crippen LogP) is 2.74. The summed E-state index contributed by atoms with van der Waals surface area (Å²) in [6, 6.07) is 15.0. The Hall–Kier alpha value is -2.99. The minimum Gasteiger partial charge on any atom is -0.508 e. The third kappa shape index (κ3) is 5.76. The van der Waals surface area contributed by atoms with Crippen LogP contribution in [0, 0.1) is 0 Å². The summed E-state index contributed by atoms with van der Waals surface area (Å²) in [4.78, 5) is 14.5. The summed E-state index contributed by atoms with van der Waals surface area (Å²) in [5, 5.41) is 11.4. The molecule has 1 fully saturated rings.